The summed E-state index contributed by atoms with van der Waals surface area (Å²) >= 11 is 0. The summed E-state index contributed by atoms with van der Waals surface area (Å²) in [6.07, 6.45) is 0. The van der Waals surface area contributed by atoms with Crippen molar-refractivity contribution in [1.29, 1.82) is 0 Å². The van der Waals surface area contributed by atoms with Gasteiger partial charge >= 0.3 is 0 Å². The average molecular weight is 135 g/mol. The lowest BCUT2D eigenvalue weighted by molar-refractivity contribution is -0.270. The SMILES string of the molecule is Cc1ccc(C)c([O-])c1C. The molecule has 10 heavy (non-hydrogen) atoms. The van der Waals surface area contributed by atoms with E-state index in [-0.39, 0.29) is 5.75 Å². The van der Waals surface area contributed by atoms with Crippen LogP contribution in [0.25, 0.3) is 0 Å². The molecule has 0 aliphatic carbocycles. The van der Waals surface area contributed by atoms with E-state index >= 15 is 0 Å². The zero-order valence-electron chi connectivity index (χ0n) is 6.56. The predicted molar refractivity (Wildman–Crippen MR) is 40.1 cm³/mol. The minimum atomic E-state index is 0.181. The van der Waals surface area contributed by atoms with Crippen LogP contribution in [0.2, 0.25) is 0 Å². The highest BCUT2D eigenvalue weighted by atomic mass is 16.3. The van der Waals surface area contributed by atoms with Gasteiger partial charge in [-0.15, -0.1) is 5.75 Å². The second-order valence-electron chi connectivity index (χ2n) is 2.65. The standard InChI is InChI=1S/C9H12O/c1-6-4-5-7(2)9(10)8(6)3/h4-5,10H,1-3H3/p-1. The fraction of sp³-hybridized carbons (Fsp3) is 0.333. The molecule has 1 nitrogen and oxygen atoms in total. The monoisotopic (exact) mass is 135 g/mol. The van der Waals surface area contributed by atoms with Gasteiger partial charge in [-0.2, -0.15) is 0 Å². The third-order valence-electron chi connectivity index (χ3n) is 1.87. The Kier molecular flexibility index (Phi) is 1.66. The van der Waals surface area contributed by atoms with Gasteiger partial charge in [0, 0.05) is 0 Å². The topological polar surface area (TPSA) is 23.1 Å². The van der Waals surface area contributed by atoms with Crippen LogP contribution in [0.1, 0.15) is 16.7 Å². The molecular weight excluding hydrogens is 124 g/mol. The van der Waals surface area contributed by atoms with E-state index in [1.807, 2.05) is 32.9 Å². The molecule has 0 atom stereocenters. The van der Waals surface area contributed by atoms with Crippen LogP contribution in [-0.4, -0.2) is 0 Å². The molecule has 0 aromatic heterocycles. The number of hydrogen-bond donors (Lipinski definition) is 0. The van der Waals surface area contributed by atoms with Crippen LogP contribution in [-0.2, 0) is 0 Å². The van der Waals surface area contributed by atoms with Crippen LogP contribution in [0.5, 0.6) is 5.75 Å². The fourth-order valence-electron chi connectivity index (χ4n) is 0.926. The van der Waals surface area contributed by atoms with Gasteiger partial charge in [0.05, 0.1) is 0 Å². The molecule has 1 aromatic carbocycles. The Labute approximate surface area is 61.3 Å². The third kappa shape index (κ3) is 0.991. The molecule has 0 fully saturated rings. The van der Waals surface area contributed by atoms with Crippen LogP contribution in [0.4, 0.5) is 0 Å². The number of benzene rings is 1. The second-order valence-corrected chi connectivity index (χ2v) is 2.65. The minimum Gasteiger partial charge on any atom is -0.872 e. The van der Waals surface area contributed by atoms with Gasteiger partial charge in [0.1, 0.15) is 0 Å². The van der Waals surface area contributed by atoms with E-state index < -0.39 is 0 Å². The van der Waals surface area contributed by atoms with E-state index in [4.69, 9.17) is 0 Å². The van der Waals surface area contributed by atoms with Gasteiger partial charge in [0.2, 0.25) is 0 Å². The molecule has 0 aliphatic heterocycles. The predicted octanol–water partition coefficient (Wildman–Crippen LogP) is 1.69. The Morgan fingerprint density at radius 3 is 2.00 bits per heavy atom. The van der Waals surface area contributed by atoms with E-state index in [1.165, 1.54) is 0 Å². The molecule has 0 spiro atoms. The van der Waals surface area contributed by atoms with E-state index in [1.54, 1.807) is 0 Å². The lowest BCUT2D eigenvalue weighted by Gasteiger charge is -2.15. The molecule has 0 amide bonds. The molecule has 0 N–H and O–H groups in total. The van der Waals surface area contributed by atoms with Gasteiger partial charge in [0.15, 0.2) is 0 Å². The van der Waals surface area contributed by atoms with Crippen LogP contribution >= 0.6 is 0 Å². The maximum atomic E-state index is 11.2. The Balaban J connectivity index is 3.34. The molecule has 54 valence electrons. The number of rotatable bonds is 0. The Morgan fingerprint density at radius 1 is 1.00 bits per heavy atom. The maximum absolute atomic E-state index is 11.2. The third-order valence-corrected chi connectivity index (χ3v) is 1.87. The van der Waals surface area contributed by atoms with Crippen molar-refractivity contribution in [2.45, 2.75) is 20.8 Å². The van der Waals surface area contributed by atoms with Crippen molar-refractivity contribution in [3.8, 4) is 5.75 Å². The number of aryl methyl sites for hydroxylation is 2. The largest absolute Gasteiger partial charge is 0.872 e. The molecule has 0 bridgehead atoms. The van der Waals surface area contributed by atoms with E-state index in [2.05, 4.69) is 0 Å². The minimum absolute atomic E-state index is 0.181. The first kappa shape index (κ1) is 7.13. The quantitative estimate of drug-likeness (QED) is 0.530. The highest BCUT2D eigenvalue weighted by Gasteiger charge is 1.93. The van der Waals surface area contributed by atoms with Crippen LogP contribution in [0, 0.1) is 20.8 Å². The smallest absolute Gasteiger partial charge is 0.0395 e. The number of hydrogen-bond acceptors (Lipinski definition) is 1. The Bertz CT molecular complexity index is 224. The van der Waals surface area contributed by atoms with Gasteiger partial charge in [-0.1, -0.05) is 23.3 Å². The summed E-state index contributed by atoms with van der Waals surface area (Å²) in [4.78, 5) is 0. The molecule has 1 heteroatoms. The molecule has 0 radical (unpaired) electrons. The van der Waals surface area contributed by atoms with Gasteiger partial charge in [-0.25, -0.2) is 0 Å². The van der Waals surface area contributed by atoms with Crippen molar-refractivity contribution in [1.82, 2.24) is 0 Å². The molecule has 0 unspecified atom stereocenters. The summed E-state index contributed by atoms with van der Waals surface area (Å²) < 4.78 is 0. The summed E-state index contributed by atoms with van der Waals surface area (Å²) in [5.74, 6) is 0.181. The van der Waals surface area contributed by atoms with Crippen LogP contribution in [0.15, 0.2) is 12.1 Å². The lowest BCUT2D eigenvalue weighted by atomic mass is 10.1. The zero-order chi connectivity index (χ0) is 7.72. The zero-order valence-corrected chi connectivity index (χ0v) is 6.56. The highest BCUT2D eigenvalue weighted by Crippen LogP contribution is 2.20. The van der Waals surface area contributed by atoms with Crippen molar-refractivity contribution in [3.05, 3.63) is 28.8 Å². The average Bonchev–Trinajstić information content (AvgIpc) is 1.93. The van der Waals surface area contributed by atoms with E-state index in [9.17, 15) is 5.11 Å². The van der Waals surface area contributed by atoms with Gasteiger partial charge in [-0.05, 0) is 26.3 Å². The van der Waals surface area contributed by atoms with Gasteiger partial charge in [-0.3, -0.25) is 0 Å². The molecule has 0 aliphatic rings. The Hall–Kier alpha value is -0.980. The first-order valence-electron chi connectivity index (χ1n) is 3.36. The fourth-order valence-corrected chi connectivity index (χ4v) is 0.926. The molecule has 1 aromatic rings. The molecule has 0 saturated heterocycles. The molecular formula is C9H11O-. The van der Waals surface area contributed by atoms with Crippen molar-refractivity contribution < 1.29 is 5.11 Å². The van der Waals surface area contributed by atoms with Gasteiger partial charge in [0.25, 0.3) is 0 Å². The summed E-state index contributed by atoms with van der Waals surface area (Å²) in [6.45, 7) is 5.66. The normalized spacial score (nSPS) is 9.90. The first-order chi connectivity index (χ1) is 4.63. The van der Waals surface area contributed by atoms with Crippen molar-refractivity contribution >= 4 is 0 Å². The summed E-state index contributed by atoms with van der Waals surface area (Å²) in [6, 6.07) is 3.84. The second kappa shape index (κ2) is 2.33. The molecule has 0 saturated carbocycles. The van der Waals surface area contributed by atoms with Crippen LogP contribution in [0.3, 0.4) is 0 Å². The summed E-state index contributed by atoms with van der Waals surface area (Å²) in [5, 5.41) is 11.2. The summed E-state index contributed by atoms with van der Waals surface area (Å²) in [7, 11) is 0. The summed E-state index contributed by atoms with van der Waals surface area (Å²) in [5.41, 5.74) is 2.79. The first-order valence-corrected chi connectivity index (χ1v) is 3.36. The maximum Gasteiger partial charge on any atom is -0.0395 e. The van der Waals surface area contributed by atoms with E-state index in [0.29, 0.717) is 0 Å². The van der Waals surface area contributed by atoms with E-state index in [0.717, 1.165) is 16.7 Å². The van der Waals surface area contributed by atoms with Crippen molar-refractivity contribution in [2.75, 3.05) is 0 Å². The van der Waals surface area contributed by atoms with Crippen LogP contribution < -0.4 is 5.11 Å². The van der Waals surface area contributed by atoms with Crippen molar-refractivity contribution in [3.63, 3.8) is 0 Å². The molecule has 0 heterocycles. The van der Waals surface area contributed by atoms with Gasteiger partial charge < -0.3 is 5.11 Å². The van der Waals surface area contributed by atoms with Crippen molar-refractivity contribution in [2.24, 2.45) is 0 Å². The Morgan fingerprint density at radius 2 is 1.50 bits per heavy atom. The molecule has 1 rings (SSSR count). The highest BCUT2D eigenvalue weighted by molar-refractivity contribution is 5.42. The lowest BCUT2D eigenvalue weighted by Crippen LogP contribution is -1.97.